The first-order valence-electron chi connectivity index (χ1n) is 6.10. The molecule has 2 heterocycles. The maximum absolute atomic E-state index is 9.81. The van der Waals surface area contributed by atoms with Crippen LogP contribution in [0.3, 0.4) is 0 Å². The number of nitrogens with one attached hydrogen (secondary N) is 1. The van der Waals surface area contributed by atoms with E-state index in [9.17, 15) is 10.1 Å². The molecular formula is C13H14N6O2. The summed E-state index contributed by atoms with van der Waals surface area (Å²) >= 11 is 0. The van der Waals surface area contributed by atoms with Gasteiger partial charge in [0.05, 0.1) is 29.5 Å². The minimum Gasteiger partial charge on any atom is -0.396 e. The lowest BCUT2D eigenvalue weighted by Gasteiger charge is -1.99. The average molecular weight is 286 g/mol. The smallest absolute Gasteiger partial charge is 0.306 e. The van der Waals surface area contributed by atoms with Crippen LogP contribution in [0.25, 0.3) is 0 Å². The van der Waals surface area contributed by atoms with Crippen LogP contribution in [-0.4, -0.2) is 24.9 Å². The highest BCUT2D eigenvalue weighted by Gasteiger charge is 2.02. The molecule has 0 bridgehead atoms. The molecule has 21 heavy (non-hydrogen) atoms. The summed E-state index contributed by atoms with van der Waals surface area (Å²) in [6.45, 7) is 0.776. The Kier molecular flexibility index (Phi) is 4.65. The lowest BCUT2D eigenvalue weighted by molar-refractivity contribution is -0.384. The molecule has 3 aromatic rings. The summed E-state index contributed by atoms with van der Waals surface area (Å²) in [6, 6.07) is 10.2. The molecule has 0 saturated carbocycles. The topological polar surface area (TPSA) is 116 Å². The second kappa shape index (κ2) is 6.85. The number of nitrogens with two attached hydrogens (primary N) is 1. The van der Waals surface area contributed by atoms with Crippen LogP contribution in [0.1, 0.15) is 5.56 Å². The summed E-state index contributed by atoms with van der Waals surface area (Å²) in [7, 11) is 0. The minimum absolute atomic E-state index is 0.00926. The van der Waals surface area contributed by atoms with Gasteiger partial charge in [-0.05, 0) is 5.56 Å². The van der Waals surface area contributed by atoms with Crippen molar-refractivity contribution in [1.29, 1.82) is 0 Å². The van der Waals surface area contributed by atoms with Crippen LogP contribution in [0.15, 0.2) is 55.1 Å². The van der Waals surface area contributed by atoms with Gasteiger partial charge in [-0.25, -0.2) is 0 Å². The Bertz CT molecular complexity index is 678. The van der Waals surface area contributed by atoms with Gasteiger partial charge in [-0.2, -0.15) is 10.2 Å². The first-order chi connectivity index (χ1) is 10.1. The molecule has 0 fully saturated rings. The highest BCUT2D eigenvalue weighted by molar-refractivity contribution is 5.30. The summed E-state index contributed by atoms with van der Waals surface area (Å²) in [5.74, 6) is 0. The van der Waals surface area contributed by atoms with Crippen molar-refractivity contribution in [2.75, 3.05) is 5.73 Å². The van der Waals surface area contributed by atoms with Gasteiger partial charge in [-0.1, -0.05) is 30.3 Å². The number of aromatic amines is 1. The Hall–Kier alpha value is -3.16. The third-order valence-electron chi connectivity index (χ3n) is 2.54. The van der Waals surface area contributed by atoms with Gasteiger partial charge in [0, 0.05) is 6.20 Å². The Labute approximate surface area is 120 Å². The molecular weight excluding hydrogens is 272 g/mol. The molecule has 0 spiro atoms. The van der Waals surface area contributed by atoms with E-state index in [4.69, 9.17) is 5.73 Å². The van der Waals surface area contributed by atoms with E-state index in [-0.39, 0.29) is 5.69 Å². The van der Waals surface area contributed by atoms with E-state index >= 15 is 0 Å². The fraction of sp³-hybridized carbons (Fsp3) is 0.0769. The molecule has 0 amide bonds. The number of hydrogen-bond acceptors (Lipinski definition) is 5. The van der Waals surface area contributed by atoms with Crippen molar-refractivity contribution in [3.05, 3.63) is 70.8 Å². The Morgan fingerprint density at radius 3 is 2.52 bits per heavy atom. The van der Waals surface area contributed by atoms with Crippen molar-refractivity contribution in [3.63, 3.8) is 0 Å². The van der Waals surface area contributed by atoms with Crippen LogP contribution < -0.4 is 5.73 Å². The third kappa shape index (κ3) is 4.46. The van der Waals surface area contributed by atoms with Crippen LogP contribution >= 0.6 is 0 Å². The minimum atomic E-state index is -0.510. The molecule has 0 aliphatic carbocycles. The molecule has 1 aromatic carbocycles. The highest BCUT2D eigenvalue weighted by Crippen LogP contribution is 2.04. The number of benzene rings is 1. The number of hydrogen-bond donors (Lipinski definition) is 2. The average Bonchev–Trinajstić information content (AvgIpc) is 3.12. The van der Waals surface area contributed by atoms with Crippen molar-refractivity contribution in [3.8, 4) is 0 Å². The molecule has 0 aliphatic heterocycles. The number of aromatic nitrogens is 4. The number of nitrogens with zero attached hydrogens (tertiary/aromatic N) is 4. The third-order valence-corrected chi connectivity index (χ3v) is 2.54. The lowest BCUT2D eigenvalue weighted by Crippen LogP contribution is -1.99. The van der Waals surface area contributed by atoms with E-state index in [1.807, 2.05) is 29.1 Å². The second-order valence-corrected chi connectivity index (χ2v) is 4.17. The molecule has 0 saturated heterocycles. The first kappa shape index (κ1) is 14.3. The fourth-order valence-corrected chi connectivity index (χ4v) is 1.58. The van der Waals surface area contributed by atoms with Crippen LogP contribution in [0.5, 0.6) is 0 Å². The van der Waals surface area contributed by atoms with Gasteiger partial charge >= 0.3 is 5.69 Å². The normalized spacial score (nSPS) is 9.71. The van der Waals surface area contributed by atoms with E-state index in [1.165, 1.54) is 11.8 Å². The Morgan fingerprint density at radius 2 is 2.05 bits per heavy atom. The molecule has 8 nitrogen and oxygen atoms in total. The van der Waals surface area contributed by atoms with Crippen molar-refractivity contribution in [2.45, 2.75) is 6.54 Å². The molecule has 3 N–H and O–H groups in total. The summed E-state index contributed by atoms with van der Waals surface area (Å²) in [6.07, 6.45) is 5.86. The molecule has 8 heteroatoms. The van der Waals surface area contributed by atoms with Crippen molar-refractivity contribution in [2.24, 2.45) is 0 Å². The standard InChI is InChI=1S/C10H11N3.C3H3N3O2/c11-10-6-12-13(8-10)7-9-4-2-1-3-5-9;7-6(8)3-1-4-5-2-3/h1-6,8H,7,11H2;1-2H,(H,4,5). The van der Waals surface area contributed by atoms with Crippen LogP contribution in [-0.2, 0) is 6.54 Å². The molecule has 0 unspecified atom stereocenters. The monoisotopic (exact) mass is 286 g/mol. The number of nitro groups is 1. The van der Waals surface area contributed by atoms with E-state index in [0.717, 1.165) is 12.7 Å². The number of nitrogen functional groups attached to an aromatic ring is 1. The SMILES string of the molecule is Nc1cnn(Cc2ccccc2)c1.O=[N+]([O-])c1cn[nH]c1. The zero-order valence-electron chi connectivity index (χ0n) is 11.1. The maximum atomic E-state index is 9.81. The summed E-state index contributed by atoms with van der Waals surface area (Å²) in [4.78, 5) is 9.30. The first-order valence-corrected chi connectivity index (χ1v) is 6.10. The fourth-order valence-electron chi connectivity index (χ4n) is 1.58. The molecule has 0 radical (unpaired) electrons. The van der Waals surface area contributed by atoms with Crippen LogP contribution in [0.4, 0.5) is 11.4 Å². The summed E-state index contributed by atoms with van der Waals surface area (Å²) < 4.78 is 1.82. The molecule has 3 rings (SSSR count). The lowest BCUT2D eigenvalue weighted by atomic mass is 10.2. The zero-order valence-corrected chi connectivity index (χ0v) is 11.1. The molecule has 108 valence electrons. The predicted molar refractivity (Wildman–Crippen MR) is 77.4 cm³/mol. The molecule has 0 atom stereocenters. The van der Waals surface area contributed by atoms with Gasteiger partial charge in [-0.3, -0.25) is 19.9 Å². The van der Waals surface area contributed by atoms with E-state index < -0.39 is 4.92 Å². The Balaban J connectivity index is 0.000000173. The Morgan fingerprint density at radius 1 is 1.29 bits per heavy atom. The van der Waals surface area contributed by atoms with Gasteiger partial charge in [-0.15, -0.1) is 0 Å². The van der Waals surface area contributed by atoms with Crippen LogP contribution in [0.2, 0.25) is 0 Å². The largest absolute Gasteiger partial charge is 0.396 e. The zero-order chi connectivity index (χ0) is 15.1. The summed E-state index contributed by atoms with van der Waals surface area (Å²) in [5, 5.41) is 19.6. The quantitative estimate of drug-likeness (QED) is 0.563. The van der Waals surface area contributed by atoms with Crippen molar-refractivity contribution in [1.82, 2.24) is 20.0 Å². The molecule has 2 aromatic heterocycles. The maximum Gasteiger partial charge on any atom is 0.306 e. The van der Waals surface area contributed by atoms with E-state index in [2.05, 4.69) is 27.4 Å². The van der Waals surface area contributed by atoms with Gasteiger partial charge in [0.2, 0.25) is 0 Å². The van der Waals surface area contributed by atoms with Gasteiger partial charge in [0.25, 0.3) is 0 Å². The summed E-state index contributed by atoms with van der Waals surface area (Å²) in [5.41, 5.74) is 7.47. The van der Waals surface area contributed by atoms with Gasteiger partial charge < -0.3 is 5.73 Å². The van der Waals surface area contributed by atoms with E-state index in [1.54, 1.807) is 6.20 Å². The van der Waals surface area contributed by atoms with Crippen molar-refractivity contribution >= 4 is 11.4 Å². The predicted octanol–water partition coefficient (Wildman–Crippen LogP) is 1.83. The highest BCUT2D eigenvalue weighted by atomic mass is 16.6. The number of rotatable bonds is 3. The van der Waals surface area contributed by atoms with Crippen molar-refractivity contribution < 1.29 is 4.92 Å². The van der Waals surface area contributed by atoms with Gasteiger partial charge in [0.15, 0.2) is 0 Å². The number of H-pyrrole nitrogens is 1. The van der Waals surface area contributed by atoms with Gasteiger partial charge in [0.1, 0.15) is 6.20 Å². The molecule has 0 aliphatic rings. The van der Waals surface area contributed by atoms with Crippen LogP contribution in [0, 0.1) is 10.1 Å². The number of anilines is 1. The second-order valence-electron chi connectivity index (χ2n) is 4.17. The van der Waals surface area contributed by atoms with E-state index in [0.29, 0.717) is 5.69 Å².